The van der Waals surface area contributed by atoms with Crippen molar-refractivity contribution in [2.75, 3.05) is 43.0 Å². The first-order valence-electron chi connectivity index (χ1n) is 10.9. The Morgan fingerprint density at radius 1 is 1.18 bits per heavy atom. The van der Waals surface area contributed by atoms with Gasteiger partial charge >= 0.3 is 0 Å². The van der Waals surface area contributed by atoms with Crippen LogP contribution < -0.4 is 15.4 Å². The van der Waals surface area contributed by atoms with Crippen LogP contribution in [0, 0.1) is 24.1 Å². The van der Waals surface area contributed by atoms with Crippen LogP contribution in [-0.4, -0.2) is 52.9 Å². The summed E-state index contributed by atoms with van der Waals surface area (Å²) < 4.78 is 16.3. The fourth-order valence-electron chi connectivity index (χ4n) is 4.32. The first-order valence-corrected chi connectivity index (χ1v) is 12.1. The number of nitriles is 1. The van der Waals surface area contributed by atoms with Gasteiger partial charge < -0.3 is 9.80 Å². The van der Waals surface area contributed by atoms with Crippen LogP contribution in [0.4, 0.5) is 15.9 Å². The van der Waals surface area contributed by atoms with Gasteiger partial charge in [-0.1, -0.05) is 36.1 Å². The molecule has 1 amide bonds. The number of thioether (sulfide) groups is 1. The maximum atomic E-state index is 14.3. The first-order chi connectivity index (χ1) is 16.3. The van der Waals surface area contributed by atoms with Crippen molar-refractivity contribution in [2.45, 2.75) is 20.4 Å². The van der Waals surface area contributed by atoms with Crippen LogP contribution in [0.25, 0.3) is 6.08 Å². The summed E-state index contributed by atoms with van der Waals surface area (Å²) >= 11 is 6.47. The van der Waals surface area contributed by atoms with E-state index in [-0.39, 0.29) is 22.8 Å². The molecule has 10 heteroatoms. The minimum Gasteiger partial charge on any atom is -0.366 e. The molecule has 2 aliphatic heterocycles. The monoisotopic (exact) mass is 497 g/mol. The van der Waals surface area contributed by atoms with Crippen LogP contribution in [0.2, 0.25) is 0 Å². The van der Waals surface area contributed by atoms with E-state index in [0.717, 1.165) is 0 Å². The van der Waals surface area contributed by atoms with E-state index in [1.165, 1.54) is 22.7 Å². The highest BCUT2D eigenvalue weighted by Crippen LogP contribution is 2.35. The van der Waals surface area contributed by atoms with Gasteiger partial charge in [0, 0.05) is 45.3 Å². The van der Waals surface area contributed by atoms with Gasteiger partial charge in [0.1, 0.15) is 27.6 Å². The molecule has 2 saturated heterocycles. The Labute approximate surface area is 207 Å². The summed E-state index contributed by atoms with van der Waals surface area (Å²) in [4.78, 5) is 31.7. The highest BCUT2D eigenvalue weighted by molar-refractivity contribution is 8.26. The van der Waals surface area contributed by atoms with Crippen LogP contribution >= 0.6 is 24.0 Å². The van der Waals surface area contributed by atoms with Gasteiger partial charge in [-0.3, -0.25) is 19.1 Å². The van der Waals surface area contributed by atoms with Crippen molar-refractivity contribution in [1.82, 2.24) is 9.47 Å². The third-order valence-corrected chi connectivity index (χ3v) is 7.68. The Morgan fingerprint density at radius 3 is 2.38 bits per heavy atom. The number of pyridine rings is 1. The summed E-state index contributed by atoms with van der Waals surface area (Å²) in [5, 5.41) is 9.69. The summed E-state index contributed by atoms with van der Waals surface area (Å²) in [7, 11) is 1.63. The lowest BCUT2D eigenvalue weighted by atomic mass is 10.0. The highest BCUT2D eigenvalue weighted by atomic mass is 32.2. The minimum atomic E-state index is -0.353. The zero-order valence-corrected chi connectivity index (χ0v) is 20.8. The number of nitrogens with zero attached hydrogens (tertiary/aromatic N) is 5. The number of para-hydroxylation sites is 1. The summed E-state index contributed by atoms with van der Waals surface area (Å²) in [5.74, 6) is 0.189. The van der Waals surface area contributed by atoms with E-state index in [0.29, 0.717) is 64.6 Å². The maximum Gasteiger partial charge on any atom is 0.270 e. The molecule has 7 nitrogen and oxygen atoms in total. The highest BCUT2D eigenvalue weighted by Gasteiger charge is 2.31. The molecule has 2 aliphatic rings. The number of anilines is 2. The molecule has 0 unspecified atom stereocenters. The van der Waals surface area contributed by atoms with E-state index >= 15 is 0 Å². The van der Waals surface area contributed by atoms with Gasteiger partial charge in [-0.05, 0) is 37.6 Å². The number of aromatic nitrogens is 1. The van der Waals surface area contributed by atoms with Crippen molar-refractivity contribution in [2.24, 2.45) is 0 Å². The predicted octanol–water partition coefficient (Wildman–Crippen LogP) is 3.35. The molecule has 34 heavy (non-hydrogen) atoms. The number of rotatable bonds is 4. The molecule has 2 fully saturated rings. The molecule has 0 atom stereocenters. The van der Waals surface area contributed by atoms with Crippen LogP contribution in [-0.2, 0) is 11.3 Å². The fraction of sp³-hybridized carbons (Fsp3) is 0.333. The number of likely N-dealkylation sites (N-methyl/N-ethyl adjacent to an activating group) is 1. The number of carbonyl (C=O) groups excluding carboxylic acids is 1. The molecular formula is C24H24FN5O2S2. The average Bonchev–Trinajstić information content (AvgIpc) is 3.08. The lowest BCUT2D eigenvalue weighted by Crippen LogP contribution is -2.49. The van der Waals surface area contributed by atoms with E-state index < -0.39 is 0 Å². The quantitative estimate of drug-likeness (QED) is 0.474. The molecule has 3 heterocycles. The normalized spacial score (nSPS) is 17.6. The van der Waals surface area contributed by atoms with E-state index in [1.54, 1.807) is 36.7 Å². The Morgan fingerprint density at radius 2 is 1.82 bits per heavy atom. The Hall–Kier alpha value is -3.16. The van der Waals surface area contributed by atoms with Crippen molar-refractivity contribution in [3.8, 4) is 6.07 Å². The van der Waals surface area contributed by atoms with E-state index in [4.69, 9.17) is 12.2 Å². The van der Waals surface area contributed by atoms with E-state index in [2.05, 4.69) is 4.90 Å². The third kappa shape index (κ3) is 4.10. The Kier molecular flexibility index (Phi) is 6.77. The molecule has 0 spiro atoms. The largest absolute Gasteiger partial charge is 0.366 e. The fourth-order valence-corrected chi connectivity index (χ4v) is 5.48. The zero-order valence-electron chi connectivity index (χ0n) is 19.2. The molecule has 0 radical (unpaired) electrons. The number of hydrogen-bond donors (Lipinski definition) is 0. The van der Waals surface area contributed by atoms with Gasteiger partial charge in [0.15, 0.2) is 0 Å². The molecule has 0 saturated carbocycles. The summed E-state index contributed by atoms with van der Waals surface area (Å²) in [6, 6.07) is 8.72. The number of halogens is 1. The van der Waals surface area contributed by atoms with E-state index in [9.17, 15) is 19.2 Å². The molecule has 176 valence electrons. The second-order valence-electron chi connectivity index (χ2n) is 8.06. The standard InChI is InChI=1S/C24H24FN5O2S2/c1-4-30-21(29-11-9-28(10-12-29)19-8-6-5-7-18(19)25)16(15(2)17(14-26)22(30)31)13-20-23(32)27(3)24(33)34-20/h5-8,13H,4,9-12H2,1-3H3. The molecular weight excluding hydrogens is 473 g/mol. The average molecular weight is 498 g/mol. The van der Waals surface area contributed by atoms with Crippen LogP contribution in [0.3, 0.4) is 0 Å². The number of thiocarbonyl (C=S) groups is 1. The molecule has 2 aromatic rings. The van der Waals surface area contributed by atoms with Crippen LogP contribution in [0.1, 0.15) is 23.6 Å². The van der Waals surface area contributed by atoms with Crippen molar-refractivity contribution in [3.63, 3.8) is 0 Å². The zero-order chi connectivity index (χ0) is 24.6. The molecule has 4 rings (SSSR count). The second-order valence-corrected chi connectivity index (χ2v) is 9.74. The summed E-state index contributed by atoms with van der Waals surface area (Å²) in [5.41, 5.74) is 1.46. The lowest BCUT2D eigenvalue weighted by molar-refractivity contribution is -0.121. The molecule has 1 aromatic heterocycles. The van der Waals surface area contributed by atoms with Crippen molar-refractivity contribution in [1.29, 1.82) is 5.26 Å². The van der Waals surface area contributed by atoms with Crippen molar-refractivity contribution < 1.29 is 9.18 Å². The van der Waals surface area contributed by atoms with Gasteiger partial charge in [-0.2, -0.15) is 5.26 Å². The van der Waals surface area contributed by atoms with Crippen molar-refractivity contribution >= 4 is 51.8 Å². The van der Waals surface area contributed by atoms with Gasteiger partial charge in [0.2, 0.25) is 0 Å². The third-order valence-electron chi connectivity index (χ3n) is 6.20. The van der Waals surface area contributed by atoms with Crippen LogP contribution in [0.5, 0.6) is 0 Å². The Bertz CT molecular complexity index is 1310. The second kappa shape index (κ2) is 9.60. The summed E-state index contributed by atoms with van der Waals surface area (Å²) in [6.07, 6.45) is 1.74. The number of carbonyl (C=O) groups is 1. The number of benzene rings is 1. The summed E-state index contributed by atoms with van der Waals surface area (Å²) in [6.45, 7) is 6.18. The molecule has 0 aliphatic carbocycles. The number of piperazine rings is 1. The number of amides is 1. The first kappa shape index (κ1) is 24.0. The van der Waals surface area contributed by atoms with Gasteiger partial charge in [0.25, 0.3) is 11.5 Å². The minimum absolute atomic E-state index is 0.0637. The van der Waals surface area contributed by atoms with Crippen molar-refractivity contribution in [3.05, 3.63) is 62.0 Å². The topological polar surface area (TPSA) is 72.6 Å². The molecule has 0 N–H and O–H groups in total. The van der Waals surface area contributed by atoms with Gasteiger partial charge in [-0.25, -0.2) is 4.39 Å². The van der Waals surface area contributed by atoms with Gasteiger partial charge in [-0.15, -0.1) is 0 Å². The molecule has 0 bridgehead atoms. The number of hydrogen-bond acceptors (Lipinski definition) is 7. The van der Waals surface area contributed by atoms with E-state index in [1.807, 2.05) is 24.0 Å². The lowest BCUT2D eigenvalue weighted by Gasteiger charge is -2.39. The maximum absolute atomic E-state index is 14.3. The predicted molar refractivity (Wildman–Crippen MR) is 138 cm³/mol. The van der Waals surface area contributed by atoms with Crippen LogP contribution in [0.15, 0.2) is 34.0 Å². The molecule has 1 aromatic carbocycles. The Balaban J connectivity index is 1.79. The van der Waals surface area contributed by atoms with Gasteiger partial charge in [0.05, 0.1) is 10.6 Å². The smallest absolute Gasteiger partial charge is 0.270 e. The SMILES string of the molecule is CCn1c(N2CCN(c3ccccc3F)CC2)c(C=C2SC(=S)N(C)C2=O)c(C)c(C#N)c1=O.